The first-order valence-electron chi connectivity index (χ1n) is 7.91. The van der Waals surface area contributed by atoms with Crippen molar-refractivity contribution in [1.29, 1.82) is 0 Å². The van der Waals surface area contributed by atoms with E-state index in [0.717, 1.165) is 24.6 Å². The van der Waals surface area contributed by atoms with E-state index in [1.54, 1.807) is 0 Å². The Hall–Kier alpha value is -1.79. The minimum atomic E-state index is 0.206. The monoisotopic (exact) mass is 300 g/mol. The van der Waals surface area contributed by atoms with Crippen LogP contribution in [0.25, 0.3) is 5.69 Å². The molecule has 0 spiro atoms. The van der Waals surface area contributed by atoms with Gasteiger partial charge in [0.1, 0.15) is 0 Å². The van der Waals surface area contributed by atoms with E-state index < -0.39 is 0 Å². The van der Waals surface area contributed by atoms with Gasteiger partial charge in [0.25, 0.3) is 0 Å². The predicted molar refractivity (Wildman–Crippen MR) is 85.9 cm³/mol. The van der Waals surface area contributed by atoms with Gasteiger partial charge in [0.2, 0.25) is 0 Å². The van der Waals surface area contributed by atoms with Gasteiger partial charge in [-0.2, -0.15) is 4.68 Å². The number of likely N-dealkylation sites (N-methyl/N-ethyl adjacent to an activating group) is 1. The Morgan fingerprint density at radius 1 is 1.23 bits per heavy atom. The third kappa shape index (κ3) is 3.03. The van der Waals surface area contributed by atoms with Crippen molar-refractivity contribution in [2.75, 3.05) is 27.2 Å². The first kappa shape index (κ1) is 15.1. The first-order valence-corrected chi connectivity index (χ1v) is 7.91. The quantitative estimate of drug-likeness (QED) is 0.861. The molecule has 2 unspecified atom stereocenters. The molecule has 1 aromatic heterocycles. The summed E-state index contributed by atoms with van der Waals surface area (Å²) in [5.41, 5.74) is 1.01. The van der Waals surface area contributed by atoms with E-state index in [9.17, 15) is 0 Å². The fourth-order valence-corrected chi connectivity index (χ4v) is 3.13. The number of benzene rings is 1. The van der Waals surface area contributed by atoms with Crippen molar-refractivity contribution in [3.05, 3.63) is 36.2 Å². The highest BCUT2D eigenvalue weighted by Gasteiger charge is 2.28. The van der Waals surface area contributed by atoms with E-state index >= 15 is 0 Å². The average molecular weight is 300 g/mol. The molecule has 0 saturated carbocycles. The maximum atomic E-state index is 4.28. The minimum absolute atomic E-state index is 0.206. The predicted octanol–water partition coefficient (Wildman–Crippen LogP) is 1.75. The lowest BCUT2D eigenvalue weighted by molar-refractivity contribution is 0.0981. The van der Waals surface area contributed by atoms with Gasteiger partial charge in [0.15, 0.2) is 5.82 Å². The standard InChI is InChI=1S/C16H24N6/c1-13(21-11-7-10-15(12-21)20(2)3)16-17-18-19-22(16)14-8-5-4-6-9-14/h4-6,8-9,13,15H,7,10-12H2,1-3H3. The van der Waals surface area contributed by atoms with Crippen LogP contribution in [0.15, 0.2) is 30.3 Å². The third-order valence-electron chi connectivity index (χ3n) is 4.57. The van der Waals surface area contributed by atoms with Gasteiger partial charge in [-0.15, -0.1) is 5.10 Å². The summed E-state index contributed by atoms with van der Waals surface area (Å²) >= 11 is 0. The second kappa shape index (κ2) is 6.54. The lowest BCUT2D eigenvalue weighted by Gasteiger charge is -2.38. The number of likely N-dealkylation sites (tertiary alicyclic amines) is 1. The number of aromatic nitrogens is 4. The molecule has 6 heteroatoms. The smallest absolute Gasteiger partial charge is 0.173 e. The fourth-order valence-electron chi connectivity index (χ4n) is 3.13. The van der Waals surface area contributed by atoms with Crippen molar-refractivity contribution < 1.29 is 0 Å². The Balaban J connectivity index is 1.81. The van der Waals surface area contributed by atoms with Crippen LogP contribution < -0.4 is 0 Å². The highest BCUT2D eigenvalue weighted by atomic mass is 15.6. The zero-order valence-electron chi connectivity index (χ0n) is 13.6. The summed E-state index contributed by atoms with van der Waals surface area (Å²) in [5, 5.41) is 12.4. The van der Waals surface area contributed by atoms with E-state index in [-0.39, 0.29) is 6.04 Å². The summed E-state index contributed by atoms with van der Waals surface area (Å²) in [7, 11) is 4.32. The number of hydrogen-bond donors (Lipinski definition) is 0. The van der Waals surface area contributed by atoms with Gasteiger partial charge in [-0.25, -0.2) is 0 Å². The van der Waals surface area contributed by atoms with Gasteiger partial charge in [0, 0.05) is 12.6 Å². The number of rotatable bonds is 4. The maximum absolute atomic E-state index is 4.28. The highest BCUT2D eigenvalue weighted by Crippen LogP contribution is 2.25. The Labute approximate surface area is 131 Å². The maximum Gasteiger partial charge on any atom is 0.173 e. The van der Waals surface area contributed by atoms with Gasteiger partial charge in [-0.3, -0.25) is 4.90 Å². The van der Waals surface area contributed by atoms with Crippen LogP contribution in [0, 0.1) is 0 Å². The summed E-state index contributed by atoms with van der Waals surface area (Å²) in [4.78, 5) is 4.80. The van der Waals surface area contributed by atoms with Gasteiger partial charge < -0.3 is 4.90 Å². The lowest BCUT2D eigenvalue weighted by atomic mass is 10.0. The van der Waals surface area contributed by atoms with Crippen LogP contribution in [0.3, 0.4) is 0 Å². The van der Waals surface area contributed by atoms with Crippen LogP contribution in [0.5, 0.6) is 0 Å². The summed E-state index contributed by atoms with van der Waals surface area (Å²) in [6.07, 6.45) is 2.49. The molecule has 118 valence electrons. The van der Waals surface area contributed by atoms with E-state index in [0.29, 0.717) is 6.04 Å². The number of para-hydroxylation sites is 1. The second-order valence-electron chi connectivity index (χ2n) is 6.22. The molecule has 1 saturated heterocycles. The molecule has 2 heterocycles. The summed E-state index contributed by atoms with van der Waals surface area (Å²) in [5.74, 6) is 0.908. The van der Waals surface area contributed by atoms with Crippen LogP contribution in [0.2, 0.25) is 0 Å². The fraction of sp³-hybridized carbons (Fsp3) is 0.562. The molecular formula is C16H24N6. The molecule has 2 atom stereocenters. The molecule has 0 N–H and O–H groups in total. The Bertz CT molecular complexity index is 594. The average Bonchev–Trinajstić information content (AvgIpc) is 3.04. The van der Waals surface area contributed by atoms with Gasteiger partial charge in [-0.1, -0.05) is 18.2 Å². The number of piperidine rings is 1. The summed E-state index contributed by atoms with van der Waals surface area (Å²) in [6, 6.07) is 10.9. The van der Waals surface area contributed by atoms with Crippen molar-refractivity contribution in [3.8, 4) is 5.69 Å². The Kier molecular flexibility index (Phi) is 4.49. The third-order valence-corrected chi connectivity index (χ3v) is 4.57. The molecule has 1 fully saturated rings. The molecule has 1 aliphatic rings. The molecule has 6 nitrogen and oxygen atoms in total. The lowest BCUT2D eigenvalue weighted by Crippen LogP contribution is -2.46. The number of nitrogens with zero attached hydrogens (tertiary/aromatic N) is 6. The summed E-state index contributed by atoms with van der Waals surface area (Å²) < 4.78 is 1.85. The molecule has 0 bridgehead atoms. The van der Waals surface area contributed by atoms with E-state index in [2.05, 4.69) is 46.3 Å². The zero-order valence-corrected chi connectivity index (χ0v) is 13.6. The molecule has 1 aliphatic heterocycles. The van der Waals surface area contributed by atoms with Crippen LogP contribution in [-0.2, 0) is 0 Å². The van der Waals surface area contributed by atoms with Crippen molar-refractivity contribution in [1.82, 2.24) is 30.0 Å². The normalized spacial score (nSPS) is 21.2. The second-order valence-corrected chi connectivity index (χ2v) is 6.22. The SMILES string of the molecule is CC(c1nnnn1-c1ccccc1)N1CCCC(N(C)C)C1. The number of hydrogen-bond acceptors (Lipinski definition) is 5. The van der Waals surface area contributed by atoms with Gasteiger partial charge in [-0.05, 0) is 63.0 Å². The molecule has 3 rings (SSSR count). The Morgan fingerprint density at radius 3 is 2.73 bits per heavy atom. The van der Waals surface area contributed by atoms with Gasteiger partial charge >= 0.3 is 0 Å². The van der Waals surface area contributed by atoms with Crippen LogP contribution in [0.4, 0.5) is 0 Å². The van der Waals surface area contributed by atoms with E-state index in [1.165, 1.54) is 12.8 Å². The molecular weight excluding hydrogens is 276 g/mol. The first-order chi connectivity index (χ1) is 10.7. The van der Waals surface area contributed by atoms with Crippen molar-refractivity contribution >= 4 is 0 Å². The molecule has 1 aromatic carbocycles. The van der Waals surface area contributed by atoms with Crippen molar-refractivity contribution in [2.24, 2.45) is 0 Å². The Morgan fingerprint density at radius 2 is 2.00 bits per heavy atom. The summed E-state index contributed by atoms with van der Waals surface area (Å²) in [6.45, 7) is 4.37. The van der Waals surface area contributed by atoms with Crippen LogP contribution >= 0.6 is 0 Å². The molecule has 0 amide bonds. The van der Waals surface area contributed by atoms with Crippen molar-refractivity contribution in [2.45, 2.75) is 31.8 Å². The van der Waals surface area contributed by atoms with Crippen LogP contribution in [-0.4, -0.2) is 63.2 Å². The van der Waals surface area contributed by atoms with Crippen LogP contribution in [0.1, 0.15) is 31.6 Å². The highest BCUT2D eigenvalue weighted by molar-refractivity contribution is 5.30. The van der Waals surface area contributed by atoms with Crippen molar-refractivity contribution in [3.63, 3.8) is 0 Å². The molecule has 0 aliphatic carbocycles. The molecule has 22 heavy (non-hydrogen) atoms. The van der Waals surface area contributed by atoms with E-state index in [1.807, 2.05) is 35.0 Å². The molecule has 2 aromatic rings. The minimum Gasteiger partial charge on any atom is -0.305 e. The van der Waals surface area contributed by atoms with Gasteiger partial charge in [0.05, 0.1) is 11.7 Å². The zero-order chi connectivity index (χ0) is 15.5. The number of tetrazole rings is 1. The largest absolute Gasteiger partial charge is 0.305 e. The van der Waals surface area contributed by atoms with E-state index in [4.69, 9.17) is 0 Å². The topological polar surface area (TPSA) is 50.1 Å². The molecule has 0 radical (unpaired) electrons.